The van der Waals surface area contributed by atoms with Gasteiger partial charge in [0.1, 0.15) is 0 Å². The van der Waals surface area contributed by atoms with Crippen LogP contribution in [-0.2, 0) is 4.79 Å². The zero-order chi connectivity index (χ0) is 17.9. The van der Waals surface area contributed by atoms with Gasteiger partial charge in [0.05, 0.1) is 6.54 Å². The van der Waals surface area contributed by atoms with Gasteiger partial charge in [-0.15, -0.1) is 0 Å². The molecule has 136 valence electrons. The van der Waals surface area contributed by atoms with E-state index in [1.807, 2.05) is 20.8 Å². The van der Waals surface area contributed by atoms with Crippen LogP contribution in [0.3, 0.4) is 0 Å². The Bertz CT molecular complexity index is 358. The number of amides is 1. The van der Waals surface area contributed by atoms with Crippen molar-refractivity contribution in [1.82, 2.24) is 20.9 Å². The van der Waals surface area contributed by atoms with Crippen LogP contribution in [0.25, 0.3) is 0 Å². The number of nitrogens with zero attached hydrogens (tertiary/aromatic N) is 2. The summed E-state index contributed by atoms with van der Waals surface area (Å²) in [6, 6.07) is 0.322. The molecule has 0 spiro atoms. The van der Waals surface area contributed by atoms with Gasteiger partial charge >= 0.3 is 0 Å². The molecule has 0 aromatic rings. The molecular formula is C17H37N5O. The maximum atomic E-state index is 11.8. The second-order valence-corrected chi connectivity index (χ2v) is 6.94. The first kappa shape index (κ1) is 21.7. The molecule has 0 saturated heterocycles. The van der Waals surface area contributed by atoms with Crippen LogP contribution in [0.5, 0.6) is 0 Å². The number of carbonyl (C=O) groups is 1. The second kappa shape index (κ2) is 11.3. The zero-order valence-electron chi connectivity index (χ0n) is 16.1. The van der Waals surface area contributed by atoms with Crippen molar-refractivity contribution in [3.63, 3.8) is 0 Å². The maximum absolute atomic E-state index is 11.8. The second-order valence-electron chi connectivity index (χ2n) is 6.94. The van der Waals surface area contributed by atoms with Crippen molar-refractivity contribution < 1.29 is 4.79 Å². The summed E-state index contributed by atoms with van der Waals surface area (Å²) in [5, 5.41) is 9.32. The summed E-state index contributed by atoms with van der Waals surface area (Å²) in [5.41, 5.74) is -0.215. The van der Waals surface area contributed by atoms with Crippen LogP contribution in [0.1, 0.15) is 54.4 Å². The van der Waals surface area contributed by atoms with Crippen LogP contribution in [0.4, 0.5) is 0 Å². The van der Waals surface area contributed by atoms with Gasteiger partial charge in [-0.1, -0.05) is 13.8 Å². The first-order valence-corrected chi connectivity index (χ1v) is 8.72. The molecule has 0 fully saturated rings. The third kappa shape index (κ3) is 11.9. The highest BCUT2D eigenvalue weighted by Crippen LogP contribution is 2.00. The van der Waals surface area contributed by atoms with Crippen LogP contribution in [0.2, 0.25) is 0 Å². The molecule has 0 aromatic heterocycles. The molecule has 0 radical (unpaired) electrons. The predicted molar refractivity (Wildman–Crippen MR) is 98.9 cm³/mol. The molecule has 1 amide bonds. The number of guanidine groups is 1. The molecular weight excluding hydrogens is 290 g/mol. The van der Waals surface area contributed by atoms with E-state index in [9.17, 15) is 4.79 Å². The number of nitrogens with one attached hydrogen (secondary N) is 3. The van der Waals surface area contributed by atoms with Crippen molar-refractivity contribution in [2.24, 2.45) is 4.99 Å². The van der Waals surface area contributed by atoms with Gasteiger partial charge in [0.25, 0.3) is 0 Å². The number of hydrogen-bond donors (Lipinski definition) is 3. The van der Waals surface area contributed by atoms with Gasteiger partial charge in [-0.3, -0.25) is 9.79 Å². The van der Waals surface area contributed by atoms with E-state index in [0.717, 1.165) is 32.5 Å². The smallest absolute Gasteiger partial charge is 0.239 e. The predicted octanol–water partition coefficient (Wildman–Crippen LogP) is 1.58. The largest absolute Gasteiger partial charge is 0.354 e. The van der Waals surface area contributed by atoms with E-state index in [1.165, 1.54) is 0 Å². The topological polar surface area (TPSA) is 68.8 Å². The van der Waals surface area contributed by atoms with Crippen molar-refractivity contribution in [3.05, 3.63) is 0 Å². The fourth-order valence-corrected chi connectivity index (χ4v) is 2.29. The molecule has 6 heteroatoms. The lowest BCUT2D eigenvalue weighted by Crippen LogP contribution is -2.49. The molecule has 6 nitrogen and oxygen atoms in total. The standard InChI is InChI=1S/C17H37N5O/c1-8-22(9-2)12-10-11-14(3)20-16(18-7)19-13-15(23)21-17(4,5)6/h14H,8-13H2,1-7H3,(H,21,23)(H2,18,19,20). The van der Waals surface area contributed by atoms with Gasteiger partial charge in [0.15, 0.2) is 5.96 Å². The van der Waals surface area contributed by atoms with Crippen LogP contribution < -0.4 is 16.0 Å². The van der Waals surface area contributed by atoms with Crippen LogP contribution in [0.15, 0.2) is 4.99 Å². The van der Waals surface area contributed by atoms with Gasteiger partial charge in [0.2, 0.25) is 5.91 Å². The number of carbonyl (C=O) groups excluding carboxylic acids is 1. The molecule has 0 aliphatic heterocycles. The number of hydrogen-bond acceptors (Lipinski definition) is 3. The molecule has 0 bridgehead atoms. The summed E-state index contributed by atoms with van der Waals surface area (Å²) >= 11 is 0. The molecule has 0 aliphatic rings. The molecule has 0 saturated carbocycles. The number of aliphatic imine (C=N–C) groups is 1. The van der Waals surface area contributed by atoms with Crippen molar-refractivity contribution in [2.45, 2.75) is 66.0 Å². The Morgan fingerprint density at radius 3 is 2.30 bits per heavy atom. The van der Waals surface area contributed by atoms with Gasteiger partial charge in [-0.25, -0.2) is 0 Å². The lowest BCUT2D eigenvalue weighted by Gasteiger charge is -2.22. The highest BCUT2D eigenvalue weighted by atomic mass is 16.2. The zero-order valence-corrected chi connectivity index (χ0v) is 16.1. The van der Waals surface area contributed by atoms with Crippen LogP contribution in [0, 0.1) is 0 Å². The Labute approximate surface area is 142 Å². The van der Waals surface area contributed by atoms with Gasteiger partial charge < -0.3 is 20.9 Å². The number of rotatable bonds is 9. The molecule has 0 aliphatic carbocycles. The maximum Gasteiger partial charge on any atom is 0.239 e. The van der Waals surface area contributed by atoms with E-state index in [4.69, 9.17) is 0 Å². The van der Waals surface area contributed by atoms with Crippen molar-refractivity contribution >= 4 is 11.9 Å². The Morgan fingerprint density at radius 1 is 1.22 bits per heavy atom. The molecule has 0 rings (SSSR count). The monoisotopic (exact) mass is 327 g/mol. The van der Waals surface area contributed by atoms with Crippen molar-refractivity contribution in [1.29, 1.82) is 0 Å². The van der Waals surface area contributed by atoms with Crippen LogP contribution in [-0.4, -0.2) is 61.6 Å². The Morgan fingerprint density at radius 2 is 1.83 bits per heavy atom. The summed E-state index contributed by atoms with van der Waals surface area (Å²) in [5.74, 6) is 0.638. The summed E-state index contributed by atoms with van der Waals surface area (Å²) in [6.07, 6.45) is 2.22. The summed E-state index contributed by atoms with van der Waals surface area (Å²) in [4.78, 5) is 18.4. The van der Waals surface area contributed by atoms with E-state index in [1.54, 1.807) is 7.05 Å². The minimum atomic E-state index is -0.215. The average Bonchev–Trinajstić information content (AvgIpc) is 2.46. The van der Waals surface area contributed by atoms with Gasteiger partial charge in [0, 0.05) is 18.6 Å². The van der Waals surface area contributed by atoms with E-state index >= 15 is 0 Å². The summed E-state index contributed by atoms with van der Waals surface area (Å²) in [7, 11) is 1.72. The first-order valence-electron chi connectivity index (χ1n) is 8.72. The van der Waals surface area contributed by atoms with Crippen molar-refractivity contribution in [3.8, 4) is 0 Å². The third-order valence-corrected chi connectivity index (χ3v) is 3.54. The molecule has 1 atom stereocenters. The normalized spacial score (nSPS) is 13.8. The highest BCUT2D eigenvalue weighted by Gasteiger charge is 2.14. The quantitative estimate of drug-likeness (QED) is 0.444. The average molecular weight is 328 g/mol. The lowest BCUT2D eigenvalue weighted by molar-refractivity contribution is -0.121. The van der Waals surface area contributed by atoms with Gasteiger partial charge in [-0.2, -0.15) is 0 Å². The van der Waals surface area contributed by atoms with Crippen molar-refractivity contribution in [2.75, 3.05) is 33.2 Å². The molecule has 0 heterocycles. The lowest BCUT2D eigenvalue weighted by atomic mass is 10.1. The Hall–Kier alpha value is -1.30. The fourth-order valence-electron chi connectivity index (χ4n) is 2.29. The third-order valence-electron chi connectivity index (χ3n) is 3.54. The molecule has 3 N–H and O–H groups in total. The molecule has 0 aromatic carbocycles. The minimum Gasteiger partial charge on any atom is -0.354 e. The summed E-state index contributed by atoms with van der Waals surface area (Å²) < 4.78 is 0. The molecule has 23 heavy (non-hydrogen) atoms. The van der Waals surface area contributed by atoms with Gasteiger partial charge in [-0.05, 0) is 60.2 Å². The minimum absolute atomic E-state index is 0.0327. The van der Waals surface area contributed by atoms with E-state index in [0.29, 0.717) is 12.0 Å². The highest BCUT2D eigenvalue weighted by molar-refractivity contribution is 5.86. The summed E-state index contributed by atoms with van der Waals surface area (Å²) in [6.45, 7) is 16.0. The Balaban J connectivity index is 4.07. The van der Waals surface area contributed by atoms with Crippen LogP contribution >= 0.6 is 0 Å². The first-order chi connectivity index (χ1) is 10.7. The molecule has 1 unspecified atom stereocenters. The van der Waals surface area contributed by atoms with E-state index in [-0.39, 0.29) is 18.0 Å². The van der Waals surface area contributed by atoms with E-state index < -0.39 is 0 Å². The Kier molecular flexibility index (Phi) is 10.6. The van der Waals surface area contributed by atoms with E-state index in [2.05, 4.69) is 46.6 Å². The fraction of sp³-hybridized carbons (Fsp3) is 0.882. The SMILES string of the molecule is CCN(CC)CCCC(C)NC(=NC)NCC(=O)NC(C)(C)C.